The van der Waals surface area contributed by atoms with Gasteiger partial charge in [-0.25, -0.2) is 0 Å². The minimum Gasteiger partial charge on any atom is -0.496 e. The number of nitrogens with zero attached hydrogens (tertiary/aromatic N) is 1. The number of alkyl halides is 3. The fourth-order valence-corrected chi connectivity index (χ4v) is 4.38. The van der Waals surface area contributed by atoms with Crippen LogP contribution >= 0.6 is 11.6 Å². The molecule has 0 spiro atoms. The highest BCUT2D eigenvalue weighted by Gasteiger charge is 2.40. The Morgan fingerprint density at radius 2 is 1.80 bits per heavy atom. The van der Waals surface area contributed by atoms with Crippen molar-refractivity contribution in [3.8, 4) is 22.6 Å². The van der Waals surface area contributed by atoms with Gasteiger partial charge >= 0.3 is 6.18 Å². The van der Waals surface area contributed by atoms with E-state index in [1.807, 2.05) is 17.0 Å². The molecule has 0 amide bonds. The van der Waals surface area contributed by atoms with Crippen LogP contribution in [0.1, 0.15) is 16.9 Å². The molecule has 0 saturated carbocycles. The lowest BCUT2D eigenvalue weighted by Gasteiger charge is -2.29. The van der Waals surface area contributed by atoms with E-state index in [2.05, 4.69) is 0 Å². The Labute approximate surface area is 203 Å². The number of para-hydroxylation sites is 1. The molecule has 5 rings (SSSR count). The van der Waals surface area contributed by atoms with Crippen LogP contribution in [-0.4, -0.2) is 18.7 Å². The van der Waals surface area contributed by atoms with Crippen LogP contribution in [0.4, 0.5) is 13.2 Å². The molecule has 1 aliphatic heterocycles. The van der Waals surface area contributed by atoms with Crippen LogP contribution in [0.25, 0.3) is 22.1 Å². The smallest absolute Gasteiger partial charge is 0.450 e. The summed E-state index contributed by atoms with van der Waals surface area (Å²) >= 11 is 5.95. The molecule has 180 valence electrons. The van der Waals surface area contributed by atoms with Gasteiger partial charge in [-0.3, -0.25) is 9.69 Å². The van der Waals surface area contributed by atoms with E-state index >= 15 is 0 Å². The first-order valence-electron chi connectivity index (χ1n) is 10.7. The highest BCUT2D eigenvalue weighted by molar-refractivity contribution is 6.30. The van der Waals surface area contributed by atoms with Crippen LogP contribution < -0.4 is 14.9 Å². The first kappa shape index (κ1) is 23.3. The van der Waals surface area contributed by atoms with E-state index in [1.165, 1.54) is 31.4 Å². The summed E-state index contributed by atoms with van der Waals surface area (Å²) in [7, 11) is 1.33. The Morgan fingerprint density at radius 3 is 2.51 bits per heavy atom. The number of rotatable bonds is 4. The molecule has 0 saturated heterocycles. The topological polar surface area (TPSA) is 51.9 Å². The van der Waals surface area contributed by atoms with Crippen molar-refractivity contribution in [1.29, 1.82) is 0 Å². The number of methoxy groups -OCH3 is 1. The van der Waals surface area contributed by atoms with Crippen molar-refractivity contribution in [1.82, 2.24) is 4.90 Å². The third-order valence-electron chi connectivity index (χ3n) is 5.86. The molecule has 0 radical (unpaired) electrons. The van der Waals surface area contributed by atoms with Crippen LogP contribution in [-0.2, 0) is 19.3 Å². The van der Waals surface area contributed by atoms with Crippen LogP contribution in [0.3, 0.4) is 0 Å². The van der Waals surface area contributed by atoms with Gasteiger partial charge < -0.3 is 13.9 Å². The summed E-state index contributed by atoms with van der Waals surface area (Å²) in [6.07, 6.45) is -4.91. The number of fused-ring (bicyclic) bond motifs is 3. The Hall–Kier alpha value is -3.49. The van der Waals surface area contributed by atoms with E-state index in [1.54, 1.807) is 24.3 Å². The molecule has 0 aliphatic carbocycles. The number of hydrogen-bond donors (Lipinski definition) is 0. The van der Waals surface area contributed by atoms with Crippen molar-refractivity contribution in [2.75, 3.05) is 13.8 Å². The molecule has 0 bridgehead atoms. The van der Waals surface area contributed by atoms with E-state index in [9.17, 15) is 18.0 Å². The molecule has 0 unspecified atom stereocenters. The molecule has 9 heteroatoms. The highest BCUT2D eigenvalue weighted by Crippen LogP contribution is 2.42. The molecule has 0 N–H and O–H groups in total. The summed E-state index contributed by atoms with van der Waals surface area (Å²) in [6.45, 7) is 0.947. The molecule has 0 atom stereocenters. The second-order valence-electron chi connectivity index (χ2n) is 8.14. The largest absolute Gasteiger partial charge is 0.496 e. The van der Waals surface area contributed by atoms with Gasteiger partial charge in [0.1, 0.15) is 23.8 Å². The average Bonchev–Trinajstić information content (AvgIpc) is 2.84. The third-order valence-corrected chi connectivity index (χ3v) is 6.11. The standard InChI is InChI=1S/C26H19ClF3NO4/c1-33-20-5-3-2-4-17(20)22-23(32)18-10-11-21-19(24(18)35-25(22)26(28,29)30)13-31(14-34-21)12-15-6-8-16(27)9-7-15/h2-11H,12-14H2,1H3. The van der Waals surface area contributed by atoms with Gasteiger partial charge in [-0.2, -0.15) is 13.2 Å². The van der Waals surface area contributed by atoms with Crippen LogP contribution in [0, 0.1) is 0 Å². The fraction of sp³-hybridized carbons (Fsp3) is 0.192. The first-order valence-corrected chi connectivity index (χ1v) is 11.1. The number of ether oxygens (including phenoxy) is 2. The lowest BCUT2D eigenvalue weighted by Crippen LogP contribution is -2.32. The van der Waals surface area contributed by atoms with Gasteiger partial charge in [-0.1, -0.05) is 41.9 Å². The van der Waals surface area contributed by atoms with Crippen molar-refractivity contribution in [3.05, 3.63) is 92.8 Å². The maximum atomic E-state index is 14.2. The van der Waals surface area contributed by atoms with Crippen molar-refractivity contribution in [2.45, 2.75) is 19.3 Å². The Balaban J connectivity index is 1.66. The van der Waals surface area contributed by atoms with Gasteiger partial charge in [-0.15, -0.1) is 0 Å². The van der Waals surface area contributed by atoms with E-state index in [-0.39, 0.29) is 35.6 Å². The quantitative estimate of drug-likeness (QED) is 0.320. The summed E-state index contributed by atoms with van der Waals surface area (Å²) in [6, 6.07) is 16.3. The Morgan fingerprint density at radius 1 is 1.06 bits per heavy atom. The lowest BCUT2D eigenvalue weighted by atomic mass is 9.99. The minimum absolute atomic E-state index is 0.0105. The maximum absolute atomic E-state index is 14.2. The summed E-state index contributed by atoms with van der Waals surface area (Å²) in [5, 5.41) is 0.641. The minimum atomic E-state index is -4.91. The van der Waals surface area contributed by atoms with Crippen molar-refractivity contribution >= 4 is 22.6 Å². The van der Waals surface area contributed by atoms with E-state index < -0.39 is 22.9 Å². The zero-order chi connectivity index (χ0) is 24.7. The van der Waals surface area contributed by atoms with Gasteiger partial charge in [-0.05, 0) is 35.9 Å². The van der Waals surface area contributed by atoms with Crippen LogP contribution in [0.15, 0.2) is 69.9 Å². The maximum Gasteiger partial charge on any atom is 0.450 e. The molecule has 5 nitrogen and oxygen atoms in total. The van der Waals surface area contributed by atoms with Crippen molar-refractivity contribution < 1.29 is 27.1 Å². The molecule has 3 aromatic carbocycles. The molecule has 2 heterocycles. The van der Waals surface area contributed by atoms with Gasteiger partial charge in [0.25, 0.3) is 0 Å². The fourth-order valence-electron chi connectivity index (χ4n) is 4.26. The normalized spacial score (nSPS) is 14.0. The first-order chi connectivity index (χ1) is 16.8. The van der Waals surface area contributed by atoms with Crippen LogP contribution in [0.2, 0.25) is 5.02 Å². The predicted octanol–water partition coefficient (Wildman–Crippen LogP) is 6.49. The van der Waals surface area contributed by atoms with Gasteiger partial charge in [0.15, 0.2) is 0 Å². The number of halogens is 4. The second-order valence-corrected chi connectivity index (χ2v) is 8.58. The molecular formula is C26H19ClF3NO4. The van der Waals surface area contributed by atoms with E-state index in [0.29, 0.717) is 22.9 Å². The summed E-state index contributed by atoms with van der Waals surface area (Å²) in [5.74, 6) is -0.853. The Bertz CT molecular complexity index is 1460. The molecule has 35 heavy (non-hydrogen) atoms. The molecular weight excluding hydrogens is 483 g/mol. The summed E-state index contributed by atoms with van der Waals surface area (Å²) in [4.78, 5) is 15.4. The number of benzene rings is 3. The average molecular weight is 502 g/mol. The molecule has 1 aromatic heterocycles. The van der Waals surface area contributed by atoms with Gasteiger partial charge in [0.2, 0.25) is 11.2 Å². The predicted molar refractivity (Wildman–Crippen MR) is 126 cm³/mol. The SMILES string of the molecule is COc1ccccc1-c1c(C(F)(F)F)oc2c3c(ccc2c1=O)OCN(Cc1ccc(Cl)cc1)C3. The van der Waals surface area contributed by atoms with Crippen LogP contribution in [0.5, 0.6) is 11.5 Å². The zero-order valence-corrected chi connectivity index (χ0v) is 19.2. The van der Waals surface area contributed by atoms with E-state index in [0.717, 1.165) is 5.56 Å². The van der Waals surface area contributed by atoms with Gasteiger partial charge in [0.05, 0.1) is 23.6 Å². The molecule has 1 aliphatic rings. The summed E-state index contributed by atoms with van der Waals surface area (Å²) < 4.78 is 59.1. The van der Waals surface area contributed by atoms with Crippen molar-refractivity contribution in [2.24, 2.45) is 0 Å². The van der Waals surface area contributed by atoms with E-state index in [4.69, 9.17) is 25.5 Å². The second kappa shape index (κ2) is 8.94. The molecule has 4 aromatic rings. The summed E-state index contributed by atoms with van der Waals surface area (Å²) in [5.41, 5.74) is -0.164. The zero-order valence-electron chi connectivity index (χ0n) is 18.5. The monoisotopic (exact) mass is 501 g/mol. The third kappa shape index (κ3) is 4.35. The lowest BCUT2D eigenvalue weighted by molar-refractivity contribution is -0.152. The van der Waals surface area contributed by atoms with Crippen molar-refractivity contribution in [3.63, 3.8) is 0 Å². The molecule has 0 fully saturated rings. The Kier molecular flexibility index (Phi) is 5.94. The van der Waals surface area contributed by atoms with Gasteiger partial charge in [0, 0.05) is 23.7 Å². The number of hydrogen-bond acceptors (Lipinski definition) is 5. The highest BCUT2D eigenvalue weighted by atomic mass is 35.5.